The first kappa shape index (κ1) is 21.5. The van der Waals surface area contributed by atoms with Crippen molar-refractivity contribution in [3.63, 3.8) is 0 Å². The Kier molecular flexibility index (Phi) is 6.78. The second kappa shape index (κ2) is 8.50. The van der Waals surface area contributed by atoms with E-state index >= 15 is 0 Å². The summed E-state index contributed by atoms with van der Waals surface area (Å²) in [4.78, 5) is 12.9. The van der Waals surface area contributed by atoms with E-state index in [2.05, 4.69) is 5.32 Å². The second-order valence-corrected chi connectivity index (χ2v) is 9.13. The van der Waals surface area contributed by atoms with Crippen LogP contribution >= 0.6 is 23.2 Å². The van der Waals surface area contributed by atoms with E-state index < -0.39 is 22.0 Å². The van der Waals surface area contributed by atoms with Crippen LogP contribution in [0.2, 0.25) is 10.0 Å². The lowest BCUT2D eigenvalue weighted by molar-refractivity contribution is -0.117. The lowest BCUT2D eigenvalue weighted by atomic mass is 10.1. The van der Waals surface area contributed by atoms with E-state index in [1.807, 2.05) is 19.9 Å². The predicted molar refractivity (Wildman–Crippen MR) is 112 cm³/mol. The van der Waals surface area contributed by atoms with Crippen LogP contribution in [0.15, 0.2) is 36.4 Å². The summed E-state index contributed by atoms with van der Waals surface area (Å²) >= 11 is 11.9. The number of aryl methyl sites for hydroxylation is 2. The van der Waals surface area contributed by atoms with Crippen LogP contribution in [0, 0.1) is 13.8 Å². The Morgan fingerprint density at radius 2 is 1.67 bits per heavy atom. The fraction of sp³-hybridized carbons (Fsp3) is 0.316. The molecule has 146 valence electrons. The number of sulfonamides is 1. The van der Waals surface area contributed by atoms with E-state index in [0.717, 1.165) is 21.7 Å². The van der Waals surface area contributed by atoms with Gasteiger partial charge in [0.25, 0.3) is 0 Å². The van der Waals surface area contributed by atoms with Crippen LogP contribution < -0.4 is 9.62 Å². The number of rotatable bonds is 6. The molecule has 2 rings (SSSR count). The highest BCUT2D eigenvalue weighted by Gasteiger charge is 2.31. The highest BCUT2D eigenvalue weighted by atomic mass is 35.5. The number of anilines is 2. The standard InChI is InChI=1S/C19H22Cl2N2O3S/c1-5-18(19(24)22-16-10-14(20)9-15(21)11-16)23(27(4,25)26)17-7-6-12(2)13(3)8-17/h6-11,18H,5H2,1-4H3,(H,22,24)/t18-/m0/s1. The molecule has 8 heteroatoms. The van der Waals surface area contributed by atoms with Gasteiger partial charge in [-0.15, -0.1) is 0 Å². The molecule has 0 saturated carbocycles. The summed E-state index contributed by atoms with van der Waals surface area (Å²) in [6.07, 6.45) is 1.38. The minimum absolute atomic E-state index is 0.292. The van der Waals surface area contributed by atoms with E-state index in [9.17, 15) is 13.2 Å². The molecule has 0 aromatic heterocycles. The number of hydrogen-bond acceptors (Lipinski definition) is 3. The Labute approximate surface area is 170 Å². The van der Waals surface area contributed by atoms with Crippen LogP contribution in [0.25, 0.3) is 0 Å². The lowest BCUT2D eigenvalue weighted by Gasteiger charge is -2.30. The molecule has 0 aliphatic carbocycles. The zero-order valence-electron chi connectivity index (χ0n) is 15.6. The van der Waals surface area contributed by atoms with Crippen LogP contribution in [0.1, 0.15) is 24.5 Å². The van der Waals surface area contributed by atoms with Crippen LogP contribution in [-0.2, 0) is 14.8 Å². The summed E-state index contributed by atoms with van der Waals surface area (Å²) in [6.45, 7) is 5.60. The van der Waals surface area contributed by atoms with Crippen molar-refractivity contribution in [1.29, 1.82) is 0 Å². The van der Waals surface area contributed by atoms with Gasteiger partial charge in [-0.1, -0.05) is 36.2 Å². The number of amides is 1. The zero-order chi connectivity index (χ0) is 20.4. The van der Waals surface area contributed by atoms with Crippen molar-refractivity contribution in [1.82, 2.24) is 0 Å². The number of carbonyl (C=O) groups is 1. The summed E-state index contributed by atoms with van der Waals surface area (Å²) in [5.74, 6) is -0.459. The predicted octanol–water partition coefficient (Wildman–Crippen LogP) is 4.79. The van der Waals surface area contributed by atoms with Gasteiger partial charge < -0.3 is 5.32 Å². The molecule has 0 aliphatic rings. The smallest absolute Gasteiger partial charge is 0.248 e. The molecule has 1 atom stereocenters. The highest BCUT2D eigenvalue weighted by Crippen LogP contribution is 2.27. The van der Waals surface area contributed by atoms with Gasteiger partial charge in [0.1, 0.15) is 6.04 Å². The second-order valence-electron chi connectivity index (χ2n) is 6.40. The van der Waals surface area contributed by atoms with Crippen molar-refractivity contribution in [3.05, 3.63) is 57.6 Å². The Bertz CT molecular complexity index is 941. The minimum atomic E-state index is -3.69. The molecule has 0 spiro atoms. The van der Waals surface area contributed by atoms with Gasteiger partial charge in [-0.05, 0) is 61.7 Å². The van der Waals surface area contributed by atoms with Gasteiger partial charge in [-0.25, -0.2) is 8.42 Å². The monoisotopic (exact) mass is 428 g/mol. The van der Waals surface area contributed by atoms with Crippen molar-refractivity contribution in [2.45, 2.75) is 33.2 Å². The lowest BCUT2D eigenvalue weighted by Crippen LogP contribution is -2.47. The maximum absolute atomic E-state index is 12.9. The Balaban J connectivity index is 2.42. The molecule has 0 fully saturated rings. The third-order valence-corrected chi connectivity index (χ3v) is 5.82. The number of halogens is 2. The quantitative estimate of drug-likeness (QED) is 0.718. The maximum atomic E-state index is 12.9. The number of benzene rings is 2. The highest BCUT2D eigenvalue weighted by molar-refractivity contribution is 7.92. The fourth-order valence-electron chi connectivity index (χ4n) is 2.77. The van der Waals surface area contributed by atoms with E-state index in [1.54, 1.807) is 37.3 Å². The van der Waals surface area contributed by atoms with Crippen molar-refractivity contribution in [3.8, 4) is 0 Å². The van der Waals surface area contributed by atoms with Crippen molar-refractivity contribution >= 4 is 50.5 Å². The minimum Gasteiger partial charge on any atom is -0.324 e. The zero-order valence-corrected chi connectivity index (χ0v) is 17.9. The van der Waals surface area contributed by atoms with Crippen LogP contribution in [-0.4, -0.2) is 26.6 Å². The largest absolute Gasteiger partial charge is 0.324 e. The normalized spacial score (nSPS) is 12.5. The summed E-state index contributed by atoms with van der Waals surface area (Å²) in [5, 5.41) is 3.46. The molecule has 1 amide bonds. The summed E-state index contributed by atoms with van der Waals surface area (Å²) < 4.78 is 26.1. The molecule has 0 aliphatic heterocycles. The average molecular weight is 429 g/mol. The summed E-state index contributed by atoms with van der Waals surface area (Å²) in [5.41, 5.74) is 2.84. The van der Waals surface area contributed by atoms with Crippen LogP contribution in [0.4, 0.5) is 11.4 Å². The van der Waals surface area contributed by atoms with Gasteiger partial charge in [0.2, 0.25) is 15.9 Å². The summed E-state index contributed by atoms with van der Waals surface area (Å²) in [6, 6.07) is 9.05. The maximum Gasteiger partial charge on any atom is 0.248 e. The molecular weight excluding hydrogens is 407 g/mol. The molecule has 0 bridgehead atoms. The summed E-state index contributed by atoms with van der Waals surface area (Å²) in [7, 11) is -3.69. The fourth-order valence-corrected chi connectivity index (χ4v) is 4.50. The number of carbonyl (C=O) groups excluding carboxylic acids is 1. The SMILES string of the molecule is CC[C@@H](C(=O)Nc1cc(Cl)cc(Cl)c1)N(c1ccc(C)c(C)c1)S(C)(=O)=O. The topological polar surface area (TPSA) is 66.5 Å². The van der Waals surface area contributed by atoms with Crippen molar-refractivity contribution in [2.75, 3.05) is 15.9 Å². The Hall–Kier alpha value is -1.76. The van der Waals surface area contributed by atoms with Gasteiger partial charge in [-0.3, -0.25) is 9.10 Å². The van der Waals surface area contributed by atoms with Gasteiger partial charge in [0.15, 0.2) is 0 Å². The van der Waals surface area contributed by atoms with E-state index in [1.165, 1.54) is 0 Å². The van der Waals surface area contributed by atoms with E-state index in [-0.39, 0.29) is 0 Å². The Morgan fingerprint density at radius 3 is 2.15 bits per heavy atom. The number of nitrogens with zero attached hydrogens (tertiary/aromatic N) is 1. The average Bonchev–Trinajstić information content (AvgIpc) is 2.53. The third kappa shape index (κ3) is 5.37. The third-order valence-electron chi connectivity index (χ3n) is 4.20. The molecule has 0 saturated heterocycles. The van der Waals surface area contributed by atoms with E-state index in [0.29, 0.717) is 27.8 Å². The van der Waals surface area contributed by atoms with Crippen LogP contribution in [0.3, 0.4) is 0 Å². The van der Waals surface area contributed by atoms with Gasteiger partial charge in [-0.2, -0.15) is 0 Å². The first-order chi connectivity index (χ1) is 12.5. The van der Waals surface area contributed by atoms with Gasteiger partial charge in [0, 0.05) is 15.7 Å². The molecule has 0 heterocycles. The van der Waals surface area contributed by atoms with Crippen LogP contribution in [0.5, 0.6) is 0 Å². The van der Waals surface area contributed by atoms with Gasteiger partial charge >= 0.3 is 0 Å². The molecular formula is C19H22Cl2N2O3S. The Morgan fingerprint density at radius 1 is 1.07 bits per heavy atom. The molecule has 0 radical (unpaired) electrons. The molecule has 5 nitrogen and oxygen atoms in total. The molecule has 1 N–H and O–H groups in total. The number of nitrogens with one attached hydrogen (secondary N) is 1. The van der Waals surface area contributed by atoms with Gasteiger partial charge in [0.05, 0.1) is 11.9 Å². The first-order valence-electron chi connectivity index (χ1n) is 8.36. The molecule has 27 heavy (non-hydrogen) atoms. The molecule has 0 unspecified atom stereocenters. The van der Waals surface area contributed by atoms with Crippen molar-refractivity contribution in [2.24, 2.45) is 0 Å². The van der Waals surface area contributed by atoms with Crippen molar-refractivity contribution < 1.29 is 13.2 Å². The molecule has 2 aromatic carbocycles. The van der Waals surface area contributed by atoms with E-state index in [4.69, 9.17) is 23.2 Å². The number of hydrogen-bond donors (Lipinski definition) is 1. The molecule has 2 aromatic rings. The first-order valence-corrected chi connectivity index (χ1v) is 11.0.